The van der Waals surface area contributed by atoms with Crippen LogP contribution in [-0.4, -0.2) is 44.0 Å². The van der Waals surface area contributed by atoms with Gasteiger partial charge in [-0.15, -0.1) is 10.2 Å². The van der Waals surface area contributed by atoms with Gasteiger partial charge in [-0.05, 0) is 17.5 Å². The summed E-state index contributed by atoms with van der Waals surface area (Å²) < 4.78 is 1.81. The fraction of sp³-hybridized carbons (Fsp3) is 0.429. The molecule has 0 unspecified atom stereocenters. The number of rotatable bonds is 4. The van der Waals surface area contributed by atoms with E-state index in [-0.39, 0.29) is 6.10 Å². The Labute approximate surface area is 112 Å². The minimum atomic E-state index is -0.388. The molecule has 1 aliphatic heterocycles. The highest BCUT2D eigenvalue weighted by atomic mass is 16.3. The molecular weight excluding hydrogens is 240 g/mol. The van der Waals surface area contributed by atoms with Crippen LogP contribution in [0.15, 0.2) is 36.9 Å². The maximum Gasteiger partial charge on any atom is 0.119 e. The smallest absolute Gasteiger partial charge is 0.119 e. The van der Waals surface area contributed by atoms with Gasteiger partial charge in [0.1, 0.15) is 12.7 Å². The Morgan fingerprint density at radius 1 is 1.11 bits per heavy atom. The Bertz CT molecular complexity index is 526. The van der Waals surface area contributed by atoms with Crippen LogP contribution in [0, 0.1) is 0 Å². The molecule has 1 aromatic heterocycles. The number of benzene rings is 1. The molecule has 1 N–H and O–H groups in total. The Hall–Kier alpha value is -1.72. The molecule has 1 aromatic carbocycles. The van der Waals surface area contributed by atoms with Crippen molar-refractivity contribution in [1.29, 1.82) is 0 Å². The molecule has 19 heavy (non-hydrogen) atoms. The van der Waals surface area contributed by atoms with Gasteiger partial charge < -0.3 is 9.67 Å². The number of aliphatic hydroxyl groups is 1. The monoisotopic (exact) mass is 258 g/mol. The number of aliphatic hydroxyl groups excluding tert-OH is 1. The highest BCUT2D eigenvalue weighted by molar-refractivity contribution is 5.29. The molecule has 0 radical (unpaired) electrons. The zero-order valence-electron chi connectivity index (χ0n) is 10.8. The van der Waals surface area contributed by atoms with Crippen molar-refractivity contribution in [2.45, 2.75) is 25.6 Å². The summed E-state index contributed by atoms with van der Waals surface area (Å²) in [6.45, 7) is 3.17. The van der Waals surface area contributed by atoms with Crippen molar-refractivity contribution in [3.8, 4) is 0 Å². The Morgan fingerprint density at radius 3 is 2.63 bits per heavy atom. The van der Waals surface area contributed by atoms with E-state index in [0.717, 1.165) is 19.5 Å². The van der Waals surface area contributed by atoms with Crippen LogP contribution >= 0.6 is 0 Å². The van der Waals surface area contributed by atoms with E-state index in [1.807, 2.05) is 4.57 Å². The fourth-order valence-electron chi connectivity index (χ4n) is 2.63. The first-order chi connectivity index (χ1) is 9.31. The van der Waals surface area contributed by atoms with E-state index in [1.165, 1.54) is 11.1 Å². The second-order valence-corrected chi connectivity index (χ2v) is 5.07. The molecule has 5 nitrogen and oxygen atoms in total. The Kier molecular flexibility index (Phi) is 3.57. The summed E-state index contributed by atoms with van der Waals surface area (Å²) in [5.74, 6) is 0. The summed E-state index contributed by atoms with van der Waals surface area (Å²) in [6.07, 6.45) is 3.94. The van der Waals surface area contributed by atoms with Crippen LogP contribution in [0.2, 0.25) is 0 Å². The lowest BCUT2D eigenvalue weighted by molar-refractivity contribution is 0.0917. The minimum absolute atomic E-state index is 0.388. The van der Waals surface area contributed by atoms with Crippen LogP contribution in [0.25, 0.3) is 0 Å². The Morgan fingerprint density at radius 2 is 1.84 bits per heavy atom. The van der Waals surface area contributed by atoms with E-state index in [4.69, 9.17) is 0 Å². The summed E-state index contributed by atoms with van der Waals surface area (Å²) >= 11 is 0. The van der Waals surface area contributed by atoms with E-state index in [9.17, 15) is 5.11 Å². The second-order valence-electron chi connectivity index (χ2n) is 5.07. The molecule has 0 spiro atoms. The van der Waals surface area contributed by atoms with Crippen molar-refractivity contribution < 1.29 is 5.11 Å². The van der Waals surface area contributed by atoms with Gasteiger partial charge in [-0.2, -0.15) is 0 Å². The Balaban J connectivity index is 1.57. The van der Waals surface area contributed by atoms with Crippen molar-refractivity contribution in [1.82, 2.24) is 19.7 Å². The van der Waals surface area contributed by atoms with Crippen LogP contribution < -0.4 is 0 Å². The van der Waals surface area contributed by atoms with E-state index < -0.39 is 0 Å². The van der Waals surface area contributed by atoms with Gasteiger partial charge >= 0.3 is 0 Å². The molecular formula is C14H18N4O. The molecule has 0 fully saturated rings. The van der Waals surface area contributed by atoms with Crippen LogP contribution in [0.3, 0.4) is 0 Å². The van der Waals surface area contributed by atoms with Crippen molar-refractivity contribution >= 4 is 0 Å². The third kappa shape index (κ3) is 3.00. The SMILES string of the molecule is O[C@@H](CN1CCc2ccccc2C1)Cn1cnnc1. The first-order valence-electron chi connectivity index (χ1n) is 6.61. The predicted octanol–water partition coefficient (Wildman–Crippen LogP) is 0.697. The molecule has 0 bridgehead atoms. The maximum atomic E-state index is 10.1. The largest absolute Gasteiger partial charge is 0.390 e. The minimum Gasteiger partial charge on any atom is -0.390 e. The first-order valence-corrected chi connectivity index (χ1v) is 6.61. The molecule has 0 saturated carbocycles. The number of hydrogen-bond donors (Lipinski definition) is 1. The van der Waals surface area contributed by atoms with E-state index in [0.29, 0.717) is 13.1 Å². The quantitative estimate of drug-likeness (QED) is 0.877. The van der Waals surface area contributed by atoms with Crippen LogP contribution in [-0.2, 0) is 19.5 Å². The van der Waals surface area contributed by atoms with Gasteiger partial charge in [0.25, 0.3) is 0 Å². The highest BCUT2D eigenvalue weighted by Crippen LogP contribution is 2.18. The third-order valence-electron chi connectivity index (χ3n) is 3.57. The predicted molar refractivity (Wildman–Crippen MR) is 71.5 cm³/mol. The molecule has 5 heteroatoms. The molecule has 100 valence electrons. The molecule has 2 aromatic rings. The standard InChI is InChI=1S/C14H18N4O/c19-14(9-18-10-15-16-11-18)8-17-6-5-12-3-1-2-4-13(12)7-17/h1-4,10-11,14,19H,5-9H2/t14-/m0/s1. The molecule has 0 amide bonds. The zero-order chi connectivity index (χ0) is 13.1. The van der Waals surface area contributed by atoms with E-state index in [1.54, 1.807) is 12.7 Å². The molecule has 0 aliphatic carbocycles. The number of aromatic nitrogens is 3. The zero-order valence-corrected chi connectivity index (χ0v) is 10.8. The number of β-amino-alcohol motifs (C(OH)–C–C–N with tert-alkyl or cyclic N) is 1. The number of fused-ring (bicyclic) bond motifs is 1. The van der Waals surface area contributed by atoms with E-state index in [2.05, 4.69) is 39.4 Å². The normalized spacial score (nSPS) is 17.1. The molecule has 1 aliphatic rings. The topological polar surface area (TPSA) is 54.2 Å². The second kappa shape index (κ2) is 5.50. The van der Waals surface area contributed by atoms with Gasteiger partial charge in [0.2, 0.25) is 0 Å². The first kappa shape index (κ1) is 12.3. The summed E-state index contributed by atoms with van der Waals surface area (Å²) in [5, 5.41) is 17.6. The highest BCUT2D eigenvalue weighted by Gasteiger charge is 2.18. The average molecular weight is 258 g/mol. The van der Waals surface area contributed by atoms with E-state index >= 15 is 0 Å². The number of hydrogen-bond acceptors (Lipinski definition) is 4. The number of nitrogens with zero attached hydrogens (tertiary/aromatic N) is 4. The maximum absolute atomic E-state index is 10.1. The van der Waals surface area contributed by atoms with Crippen molar-refractivity contribution in [3.05, 3.63) is 48.0 Å². The van der Waals surface area contributed by atoms with Crippen LogP contribution in [0.4, 0.5) is 0 Å². The fourth-order valence-corrected chi connectivity index (χ4v) is 2.63. The van der Waals surface area contributed by atoms with Gasteiger partial charge in [-0.3, -0.25) is 4.90 Å². The third-order valence-corrected chi connectivity index (χ3v) is 3.57. The van der Waals surface area contributed by atoms with Gasteiger partial charge in [0.15, 0.2) is 0 Å². The molecule has 3 rings (SSSR count). The lowest BCUT2D eigenvalue weighted by atomic mass is 10.00. The van der Waals surface area contributed by atoms with Crippen molar-refractivity contribution in [2.24, 2.45) is 0 Å². The summed E-state index contributed by atoms with van der Waals surface area (Å²) in [7, 11) is 0. The lowest BCUT2D eigenvalue weighted by Gasteiger charge is -2.30. The van der Waals surface area contributed by atoms with Crippen LogP contribution in [0.5, 0.6) is 0 Å². The summed E-state index contributed by atoms with van der Waals surface area (Å²) in [6, 6.07) is 8.54. The van der Waals surface area contributed by atoms with Gasteiger partial charge in [0, 0.05) is 19.6 Å². The molecule has 0 saturated heterocycles. The van der Waals surface area contributed by atoms with Gasteiger partial charge in [0.05, 0.1) is 12.6 Å². The van der Waals surface area contributed by atoms with Crippen LogP contribution in [0.1, 0.15) is 11.1 Å². The molecule has 1 atom stereocenters. The summed E-state index contributed by atoms with van der Waals surface area (Å²) in [5.41, 5.74) is 2.82. The van der Waals surface area contributed by atoms with Crippen molar-refractivity contribution in [2.75, 3.05) is 13.1 Å². The van der Waals surface area contributed by atoms with Crippen molar-refractivity contribution in [3.63, 3.8) is 0 Å². The average Bonchev–Trinajstić information content (AvgIpc) is 2.91. The lowest BCUT2D eigenvalue weighted by Crippen LogP contribution is -2.38. The van der Waals surface area contributed by atoms with Gasteiger partial charge in [-0.25, -0.2) is 0 Å². The summed E-state index contributed by atoms with van der Waals surface area (Å²) in [4.78, 5) is 2.30. The molecule has 2 heterocycles. The van der Waals surface area contributed by atoms with Gasteiger partial charge in [-0.1, -0.05) is 24.3 Å².